The quantitative estimate of drug-likeness (QED) is 0.681. The molecule has 4 rings (SSSR count). The number of amides is 1. The summed E-state index contributed by atoms with van der Waals surface area (Å²) in [6, 6.07) is 11.1. The topological polar surface area (TPSA) is 68.5 Å². The molecule has 0 spiro atoms. The molecule has 3 aromatic rings. The van der Waals surface area contributed by atoms with Gasteiger partial charge in [0, 0.05) is 23.6 Å². The first-order valence-corrected chi connectivity index (χ1v) is 8.84. The number of halogens is 2. The monoisotopic (exact) mass is 385 g/mol. The van der Waals surface area contributed by atoms with E-state index in [1.807, 2.05) is 0 Å². The second-order valence-electron chi connectivity index (χ2n) is 6.94. The van der Waals surface area contributed by atoms with E-state index < -0.39 is 34.8 Å². The zero-order valence-corrected chi connectivity index (χ0v) is 15.0. The Hall–Kier alpha value is -3.22. The molecule has 0 saturated heterocycles. The Morgan fingerprint density at radius 3 is 2.46 bits per heavy atom. The van der Waals surface area contributed by atoms with Gasteiger partial charge in [-0.2, -0.15) is 0 Å². The normalized spacial score (nSPS) is 15.8. The largest absolute Gasteiger partial charge is 0.481 e. The van der Waals surface area contributed by atoms with E-state index in [2.05, 4.69) is 5.32 Å². The highest BCUT2D eigenvalue weighted by Gasteiger charge is 2.46. The number of nitrogens with one attached hydrogen (secondary N) is 1. The van der Waals surface area contributed by atoms with Gasteiger partial charge in [0.25, 0.3) is 5.91 Å². The molecule has 0 radical (unpaired) electrons. The third kappa shape index (κ3) is 3.60. The van der Waals surface area contributed by atoms with Crippen molar-refractivity contribution < 1.29 is 22.7 Å². The Balaban J connectivity index is 1.48. The summed E-state index contributed by atoms with van der Waals surface area (Å²) in [4.78, 5) is 23.9. The van der Waals surface area contributed by atoms with E-state index in [-0.39, 0.29) is 0 Å². The van der Waals surface area contributed by atoms with E-state index in [9.17, 15) is 18.4 Å². The summed E-state index contributed by atoms with van der Waals surface area (Å²) in [6.07, 6.45) is 0.328. The van der Waals surface area contributed by atoms with E-state index in [4.69, 9.17) is 9.15 Å². The Labute approximate surface area is 158 Å². The molecule has 2 aromatic carbocycles. The summed E-state index contributed by atoms with van der Waals surface area (Å²) in [5.74, 6) is -1.40. The Morgan fingerprint density at radius 2 is 1.79 bits per heavy atom. The molecule has 5 nitrogen and oxygen atoms in total. The molecule has 1 aliphatic carbocycles. The van der Waals surface area contributed by atoms with Gasteiger partial charge in [0.05, 0.1) is 5.54 Å². The minimum Gasteiger partial charge on any atom is -0.481 e. The third-order valence-electron chi connectivity index (χ3n) is 4.80. The first-order valence-electron chi connectivity index (χ1n) is 8.84. The molecule has 144 valence electrons. The van der Waals surface area contributed by atoms with Crippen molar-refractivity contribution in [3.8, 4) is 5.75 Å². The van der Waals surface area contributed by atoms with Gasteiger partial charge in [-0.1, -0.05) is 0 Å². The number of hydrogen-bond acceptors (Lipinski definition) is 4. The Bertz CT molecular complexity index is 1100. The van der Waals surface area contributed by atoms with Crippen LogP contribution in [-0.2, 0) is 10.3 Å². The highest BCUT2D eigenvalue weighted by Crippen LogP contribution is 2.46. The Kier molecular flexibility index (Phi) is 4.37. The molecule has 1 atom stereocenters. The number of benzene rings is 2. The van der Waals surface area contributed by atoms with Crippen molar-refractivity contribution in [2.45, 2.75) is 31.4 Å². The number of rotatable bonds is 5. The zero-order valence-electron chi connectivity index (χ0n) is 15.0. The van der Waals surface area contributed by atoms with Crippen molar-refractivity contribution in [3.63, 3.8) is 0 Å². The van der Waals surface area contributed by atoms with Crippen LogP contribution >= 0.6 is 0 Å². The number of fused-ring (bicyclic) bond motifs is 1. The van der Waals surface area contributed by atoms with Crippen LogP contribution in [0.3, 0.4) is 0 Å². The van der Waals surface area contributed by atoms with E-state index in [1.165, 1.54) is 24.3 Å². The second-order valence-corrected chi connectivity index (χ2v) is 6.94. The Morgan fingerprint density at radius 1 is 1.11 bits per heavy atom. The predicted octanol–water partition coefficient (Wildman–Crippen LogP) is 3.64. The maximum atomic E-state index is 13.5. The molecule has 0 aliphatic heterocycles. The van der Waals surface area contributed by atoms with Crippen molar-refractivity contribution >= 4 is 16.9 Å². The predicted molar refractivity (Wildman–Crippen MR) is 98.0 cm³/mol. The van der Waals surface area contributed by atoms with E-state index in [0.29, 0.717) is 29.7 Å². The maximum absolute atomic E-state index is 13.5. The van der Waals surface area contributed by atoms with Crippen LogP contribution in [0.25, 0.3) is 11.0 Å². The number of hydrogen-bond donors (Lipinski definition) is 1. The zero-order chi connectivity index (χ0) is 19.9. The fourth-order valence-corrected chi connectivity index (χ4v) is 3.15. The van der Waals surface area contributed by atoms with Gasteiger partial charge in [-0.15, -0.1) is 0 Å². The lowest BCUT2D eigenvalue weighted by Gasteiger charge is -2.21. The molecule has 7 heteroatoms. The van der Waals surface area contributed by atoms with Gasteiger partial charge in [0.1, 0.15) is 23.0 Å². The first kappa shape index (κ1) is 18.2. The molecule has 1 unspecified atom stereocenters. The SMILES string of the molecule is CC(Oc1ccc2ccc(=O)oc2c1)C(=O)NC1(c2cc(F)cc(F)c2)CC1. The minimum absolute atomic E-state index is 0.353. The summed E-state index contributed by atoms with van der Waals surface area (Å²) in [5, 5.41) is 3.56. The summed E-state index contributed by atoms with van der Waals surface area (Å²) >= 11 is 0. The van der Waals surface area contributed by atoms with Crippen LogP contribution in [0.15, 0.2) is 57.7 Å². The smallest absolute Gasteiger partial charge is 0.336 e. The molecular formula is C21H17F2NO4. The van der Waals surface area contributed by atoms with Crippen molar-refractivity contribution in [3.05, 3.63) is 76.1 Å². The van der Waals surface area contributed by atoms with Crippen LogP contribution in [0.1, 0.15) is 25.3 Å². The lowest BCUT2D eigenvalue weighted by molar-refractivity contribution is -0.128. The molecule has 1 fully saturated rings. The molecule has 1 aromatic heterocycles. The van der Waals surface area contributed by atoms with Crippen molar-refractivity contribution in [1.29, 1.82) is 0 Å². The van der Waals surface area contributed by atoms with E-state index in [0.717, 1.165) is 11.5 Å². The van der Waals surface area contributed by atoms with Crippen molar-refractivity contribution in [1.82, 2.24) is 5.32 Å². The molecule has 1 heterocycles. The van der Waals surface area contributed by atoms with Gasteiger partial charge in [-0.3, -0.25) is 4.79 Å². The molecular weight excluding hydrogens is 368 g/mol. The maximum Gasteiger partial charge on any atom is 0.336 e. The van der Waals surface area contributed by atoms with Crippen molar-refractivity contribution in [2.75, 3.05) is 0 Å². The summed E-state index contributed by atoms with van der Waals surface area (Å²) in [7, 11) is 0. The molecule has 1 saturated carbocycles. The van der Waals surface area contributed by atoms with Crippen LogP contribution in [0.4, 0.5) is 8.78 Å². The molecule has 1 amide bonds. The lowest BCUT2D eigenvalue weighted by atomic mass is 10.0. The summed E-state index contributed by atoms with van der Waals surface area (Å²) in [6.45, 7) is 1.57. The van der Waals surface area contributed by atoms with Gasteiger partial charge in [-0.25, -0.2) is 13.6 Å². The third-order valence-corrected chi connectivity index (χ3v) is 4.80. The summed E-state index contributed by atoms with van der Waals surface area (Å²) < 4.78 is 37.8. The standard InChI is InChI=1S/C21H17F2NO4/c1-12(27-17-4-2-13-3-5-19(25)28-18(13)11-17)20(26)24-21(6-7-21)14-8-15(22)10-16(23)9-14/h2-5,8-12H,6-7H2,1H3,(H,24,26). The van der Waals surface area contributed by atoms with Gasteiger partial charge < -0.3 is 14.5 Å². The molecule has 28 heavy (non-hydrogen) atoms. The molecule has 1 aliphatic rings. The van der Waals surface area contributed by atoms with Crippen LogP contribution in [0, 0.1) is 11.6 Å². The highest BCUT2D eigenvalue weighted by molar-refractivity contribution is 5.82. The second kappa shape index (κ2) is 6.74. The molecule has 0 bridgehead atoms. The van der Waals surface area contributed by atoms with E-state index in [1.54, 1.807) is 25.1 Å². The summed E-state index contributed by atoms with van der Waals surface area (Å²) in [5.41, 5.74) is -0.494. The average Bonchev–Trinajstić information content (AvgIpc) is 3.41. The highest BCUT2D eigenvalue weighted by atomic mass is 19.1. The van der Waals surface area contributed by atoms with Crippen LogP contribution in [-0.4, -0.2) is 12.0 Å². The van der Waals surface area contributed by atoms with Gasteiger partial charge in [-0.05, 0) is 55.7 Å². The fraction of sp³-hybridized carbons (Fsp3) is 0.238. The van der Waals surface area contributed by atoms with Crippen LogP contribution < -0.4 is 15.7 Å². The fourth-order valence-electron chi connectivity index (χ4n) is 3.15. The van der Waals surface area contributed by atoms with Crippen LogP contribution in [0.5, 0.6) is 5.75 Å². The van der Waals surface area contributed by atoms with Crippen molar-refractivity contribution in [2.24, 2.45) is 0 Å². The minimum atomic E-state index is -0.858. The average molecular weight is 385 g/mol. The molecule has 1 N–H and O–H groups in total. The van der Waals surface area contributed by atoms with Gasteiger partial charge >= 0.3 is 5.63 Å². The number of carbonyl (C=O) groups excluding carboxylic acids is 1. The van der Waals surface area contributed by atoms with Gasteiger partial charge in [0.15, 0.2) is 6.10 Å². The van der Waals surface area contributed by atoms with Crippen LogP contribution in [0.2, 0.25) is 0 Å². The van der Waals surface area contributed by atoms with Gasteiger partial charge in [0.2, 0.25) is 0 Å². The first-order chi connectivity index (χ1) is 13.3. The van der Waals surface area contributed by atoms with E-state index >= 15 is 0 Å². The lowest BCUT2D eigenvalue weighted by Crippen LogP contribution is -2.42. The number of carbonyl (C=O) groups is 1. The number of ether oxygens (including phenoxy) is 1.